The Hall–Kier alpha value is -2.35. The van der Waals surface area contributed by atoms with Crippen molar-refractivity contribution in [2.45, 2.75) is 19.8 Å². The average molecular weight is 287 g/mol. The molecule has 21 heavy (non-hydrogen) atoms. The molecule has 0 N–H and O–H groups in total. The highest BCUT2D eigenvalue weighted by atomic mass is 16.2. The van der Waals surface area contributed by atoms with E-state index in [4.69, 9.17) is 5.26 Å². The molecule has 5 nitrogen and oxygen atoms in total. The molecule has 0 aliphatic carbocycles. The van der Waals surface area contributed by atoms with Crippen molar-refractivity contribution < 1.29 is 9.59 Å². The molecule has 0 saturated carbocycles. The first-order chi connectivity index (χ1) is 9.97. The molecule has 0 unspecified atom stereocenters. The zero-order valence-electron chi connectivity index (χ0n) is 12.8. The molecule has 0 atom stereocenters. The van der Waals surface area contributed by atoms with Crippen molar-refractivity contribution in [2.24, 2.45) is 0 Å². The van der Waals surface area contributed by atoms with Crippen LogP contribution in [0.1, 0.15) is 24.5 Å². The standard InChI is InChI=1S/C16H21N3O2/c1-4-9-19(12-16(21)18(2)3)15(20)10-13-5-7-14(11-17)8-6-13/h5-8H,4,9-10,12H2,1-3H3. The Balaban J connectivity index is 2.71. The second-order valence-corrected chi connectivity index (χ2v) is 5.09. The van der Waals surface area contributed by atoms with E-state index in [-0.39, 0.29) is 24.8 Å². The zero-order valence-corrected chi connectivity index (χ0v) is 12.8. The topological polar surface area (TPSA) is 64.4 Å². The highest BCUT2D eigenvalue weighted by Gasteiger charge is 2.17. The van der Waals surface area contributed by atoms with Crippen molar-refractivity contribution >= 4 is 11.8 Å². The first-order valence-corrected chi connectivity index (χ1v) is 6.95. The minimum atomic E-state index is -0.0865. The van der Waals surface area contributed by atoms with Gasteiger partial charge in [0.1, 0.15) is 0 Å². The van der Waals surface area contributed by atoms with Crippen molar-refractivity contribution in [1.29, 1.82) is 5.26 Å². The summed E-state index contributed by atoms with van der Waals surface area (Å²) in [5.74, 6) is -0.159. The fourth-order valence-electron chi connectivity index (χ4n) is 1.85. The number of hydrogen-bond donors (Lipinski definition) is 0. The molecular formula is C16H21N3O2. The third-order valence-corrected chi connectivity index (χ3v) is 3.11. The van der Waals surface area contributed by atoms with E-state index in [1.165, 1.54) is 4.90 Å². The van der Waals surface area contributed by atoms with Gasteiger partial charge < -0.3 is 9.80 Å². The van der Waals surface area contributed by atoms with Gasteiger partial charge in [-0.1, -0.05) is 19.1 Å². The lowest BCUT2D eigenvalue weighted by atomic mass is 10.1. The number of nitrogens with zero attached hydrogens (tertiary/aromatic N) is 3. The van der Waals surface area contributed by atoms with E-state index >= 15 is 0 Å². The molecule has 0 aromatic heterocycles. The van der Waals surface area contributed by atoms with E-state index in [0.29, 0.717) is 12.1 Å². The van der Waals surface area contributed by atoms with Crippen LogP contribution in [0.2, 0.25) is 0 Å². The second-order valence-electron chi connectivity index (χ2n) is 5.09. The maximum Gasteiger partial charge on any atom is 0.241 e. The largest absolute Gasteiger partial charge is 0.347 e. The van der Waals surface area contributed by atoms with Crippen molar-refractivity contribution in [1.82, 2.24) is 9.80 Å². The minimum Gasteiger partial charge on any atom is -0.347 e. The van der Waals surface area contributed by atoms with Gasteiger partial charge in [-0.05, 0) is 24.1 Å². The van der Waals surface area contributed by atoms with Gasteiger partial charge >= 0.3 is 0 Å². The van der Waals surface area contributed by atoms with Gasteiger partial charge in [0.15, 0.2) is 0 Å². The molecule has 2 amide bonds. The van der Waals surface area contributed by atoms with Gasteiger partial charge in [-0.2, -0.15) is 5.26 Å². The molecule has 112 valence electrons. The normalized spacial score (nSPS) is 9.81. The number of likely N-dealkylation sites (N-methyl/N-ethyl adjacent to an activating group) is 1. The van der Waals surface area contributed by atoms with Crippen molar-refractivity contribution in [3.63, 3.8) is 0 Å². The van der Waals surface area contributed by atoms with Crippen molar-refractivity contribution in [3.05, 3.63) is 35.4 Å². The molecule has 0 aliphatic heterocycles. The molecule has 0 saturated heterocycles. The Morgan fingerprint density at radius 1 is 1.14 bits per heavy atom. The predicted molar refractivity (Wildman–Crippen MR) is 80.4 cm³/mol. The molecule has 0 aliphatic rings. The summed E-state index contributed by atoms with van der Waals surface area (Å²) in [5.41, 5.74) is 1.41. The van der Waals surface area contributed by atoms with Gasteiger partial charge in [0.05, 0.1) is 24.6 Å². The summed E-state index contributed by atoms with van der Waals surface area (Å²) < 4.78 is 0. The van der Waals surface area contributed by atoms with E-state index in [9.17, 15) is 9.59 Å². The van der Waals surface area contributed by atoms with E-state index in [0.717, 1.165) is 12.0 Å². The lowest BCUT2D eigenvalue weighted by Gasteiger charge is -2.23. The average Bonchev–Trinajstić information content (AvgIpc) is 2.47. The van der Waals surface area contributed by atoms with Gasteiger partial charge in [-0.3, -0.25) is 9.59 Å². The molecule has 5 heteroatoms. The maximum absolute atomic E-state index is 12.3. The Kier molecular flexibility index (Phi) is 6.41. The third-order valence-electron chi connectivity index (χ3n) is 3.11. The first-order valence-electron chi connectivity index (χ1n) is 6.95. The van der Waals surface area contributed by atoms with Crippen molar-refractivity contribution in [3.8, 4) is 6.07 Å². The summed E-state index contributed by atoms with van der Waals surface area (Å²) in [6.07, 6.45) is 1.05. The minimum absolute atomic E-state index is 0.0724. The monoisotopic (exact) mass is 287 g/mol. The van der Waals surface area contributed by atoms with E-state index in [1.54, 1.807) is 43.3 Å². The van der Waals surface area contributed by atoms with Crippen LogP contribution in [0.15, 0.2) is 24.3 Å². The number of carbonyl (C=O) groups is 2. The molecule has 1 aromatic rings. The highest BCUT2D eigenvalue weighted by molar-refractivity contribution is 5.85. The van der Waals surface area contributed by atoms with Crippen LogP contribution in [0.5, 0.6) is 0 Å². The Morgan fingerprint density at radius 3 is 2.24 bits per heavy atom. The van der Waals surface area contributed by atoms with Gasteiger partial charge in [0.2, 0.25) is 11.8 Å². The number of benzene rings is 1. The van der Waals surface area contributed by atoms with E-state index in [1.807, 2.05) is 13.0 Å². The Labute approximate surface area is 125 Å². The quantitative estimate of drug-likeness (QED) is 0.795. The number of carbonyl (C=O) groups excluding carboxylic acids is 2. The van der Waals surface area contributed by atoms with Gasteiger partial charge in [-0.25, -0.2) is 0 Å². The molecule has 1 aromatic carbocycles. The van der Waals surface area contributed by atoms with Crippen LogP contribution in [0.25, 0.3) is 0 Å². The van der Waals surface area contributed by atoms with Crippen molar-refractivity contribution in [2.75, 3.05) is 27.2 Å². The molecular weight excluding hydrogens is 266 g/mol. The van der Waals surface area contributed by atoms with Crippen LogP contribution in [0, 0.1) is 11.3 Å². The summed E-state index contributed by atoms with van der Waals surface area (Å²) >= 11 is 0. The summed E-state index contributed by atoms with van der Waals surface area (Å²) in [7, 11) is 3.36. The Bertz CT molecular complexity index is 529. The second kappa shape index (κ2) is 8.05. The number of amides is 2. The summed E-state index contributed by atoms with van der Waals surface area (Å²) in [6, 6.07) is 8.97. The van der Waals surface area contributed by atoms with Crippen LogP contribution in [0.3, 0.4) is 0 Å². The first kappa shape index (κ1) is 16.7. The van der Waals surface area contributed by atoms with E-state index < -0.39 is 0 Å². The molecule has 0 radical (unpaired) electrons. The predicted octanol–water partition coefficient (Wildman–Crippen LogP) is 1.43. The highest BCUT2D eigenvalue weighted by Crippen LogP contribution is 2.07. The smallest absolute Gasteiger partial charge is 0.241 e. The summed E-state index contributed by atoms with van der Waals surface area (Å²) in [5, 5.41) is 8.75. The van der Waals surface area contributed by atoms with Crippen LogP contribution < -0.4 is 0 Å². The summed E-state index contributed by atoms with van der Waals surface area (Å²) in [4.78, 5) is 27.1. The SMILES string of the molecule is CCCN(CC(=O)N(C)C)C(=O)Cc1ccc(C#N)cc1. The van der Waals surface area contributed by atoms with Gasteiger partial charge in [0, 0.05) is 20.6 Å². The third kappa shape index (κ3) is 5.27. The zero-order chi connectivity index (χ0) is 15.8. The van der Waals surface area contributed by atoms with Crippen LogP contribution >= 0.6 is 0 Å². The number of hydrogen-bond acceptors (Lipinski definition) is 3. The lowest BCUT2D eigenvalue weighted by Crippen LogP contribution is -2.41. The van der Waals surface area contributed by atoms with E-state index in [2.05, 4.69) is 0 Å². The molecule has 0 spiro atoms. The lowest BCUT2D eigenvalue weighted by molar-refractivity contribution is -0.138. The van der Waals surface area contributed by atoms with Gasteiger partial charge in [-0.15, -0.1) is 0 Å². The van der Waals surface area contributed by atoms with Crippen LogP contribution in [-0.2, 0) is 16.0 Å². The molecule has 0 fully saturated rings. The van der Waals surface area contributed by atoms with Crippen LogP contribution in [0.4, 0.5) is 0 Å². The molecule has 0 heterocycles. The Morgan fingerprint density at radius 2 is 1.76 bits per heavy atom. The maximum atomic E-state index is 12.3. The fraction of sp³-hybridized carbons (Fsp3) is 0.438. The molecule has 1 rings (SSSR count). The fourth-order valence-corrected chi connectivity index (χ4v) is 1.85. The number of nitriles is 1. The van der Waals surface area contributed by atoms with Gasteiger partial charge in [0.25, 0.3) is 0 Å². The van der Waals surface area contributed by atoms with Crippen LogP contribution in [-0.4, -0.2) is 48.8 Å². The molecule has 0 bridgehead atoms. The number of rotatable bonds is 6. The summed E-state index contributed by atoms with van der Waals surface area (Å²) in [6.45, 7) is 2.65.